The van der Waals surface area contributed by atoms with Gasteiger partial charge in [0.2, 0.25) is 0 Å². The third-order valence-electron chi connectivity index (χ3n) is 2.36. The van der Waals surface area contributed by atoms with Crippen molar-refractivity contribution in [1.29, 1.82) is 0 Å². The third-order valence-corrected chi connectivity index (χ3v) is 2.81. The van der Waals surface area contributed by atoms with Crippen LogP contribution < -0.4 is 0 Å². The summed E-state index contributed by atoms with van der Waals surface area (Å²) < 4.78 is 25.0. The molecule has 1 amide bonds. The van der Waals surface area contributed by atoms with Crippen LogP contribution in [-0.2, 0) is 0 Å². The number of non-ortho nitro benzene ring substituents is 1. The number of hydrogen-bond donors (Lipinski definition) is 1. The second-order valence-electron chi connectivity index (χ2n) is 3.82. The SMILES string of the molecule is O=C(c1cc(Br)cc([N+](=O)[O-])c1)N(CCO)CC(F)F. The molecule has 0 aliphatic heterocycles. The Kier molecular flexibility index (Phi) is 5.96. The van der Waals surface area contributed by atoms with Crippen LogP contribution in [0.5, 0.6) is 0 Å². The molecule has 0 bridgehead atoms. The average molecular weight is 353 g/mol. The van der Waals surface area contributed by atoms with Crippen molar-refractivity contribution in [2.24, 2.45) is 0 Å². The third kappa shape index (κ3) is 4.49. The number of halogens is 3. The number of carbonyl (C=O) groups is 1. The Bertz CT molecular complexity index is 513. The van der Waals surface area contributed by atoms with Crippen molar-refractivity contribution in [2.75, 3.05) is 19.7 Å². The number of rotatable bonds is 6. The molecule has 0 aromatic heterocycles. The summed E-state index contributed by atoms with van der Waals surface area (Å²) in [4.78, 5) is 22.8. The first kappa shape index (κ1) is 16.4. The number of hydrogen-bond acceptors (Lipinski definition) is 4. The molecule has 110 valence electrons. The van der Waals surface area contributed by atoms with Crippen LogP contribution in [0.15, 0.2) is 22.7 Å². The lowest BCUT2D eigenvalue weighted by atomic mass is 10.1. The highest BCUT2D eigenvalue weighted by Gasteiger charge is 2.21. The molecule has 0 saturated heterocycles. The first-order valence-corrected chi connectivity index (χ1v) is 6.27. The molecule has 0 saturated carbocycles. The quantitative estimate of drug-likeness (QED) is 0.627. The molecule has 0 atom stereocenters. The molecule has 1 rings (SSSR count). The van der Waals surface area contributed by atoms with Gasteiger partial charge in [0.05, 0.1) is 18.1 Å². The fourth-order valence-electron chi connectivity index (χ4n) is 1.55. The van der Waals surface area contributed by atoms with Gasteiger partial charge in [-0.15, -0.1) is 0 Å². The van der Waals surface area contributed by atoms with Gasteiger partial charge in [0, 0.05) is 28.7 Å². The number of aliphatic hydroxyl groups is 1. The van der Waals surface area contributed by atoms with E-state index >= 15 is 0 Å². The molecule has 20 heavy (non-hydrogen) atoms. The lowest BCUT2D eigenvalue weighted by Crippen LogP contribution is -2.37. The molecule has 0 radical (unpaired) electrons. The first-order valence-electron chi connectivity index (χ1n) is 5.48. The molecular weight excluding hydrogens is 342 g/mol. The van der Waals surface area contributed by atoms with E-state index < -0.39 is 30.4 Å². The zero-order valence-electron chi connectivity index (χ0n) is 10.1. The van der Waals surface area contributed by atoms with Crippen molar-refractivity contribution in [1.82, 2.24) is 4.90 Å². The number of benzene rings is 1. The van der Waals surface area contributed by atoms with E-state index in [0.717, 1.165) is 11.0 Å². The monoisotopic (exact) mass is 352 g/mol. The fraction of sp³-hybridized carbons (Fsp3) is 0.364. The van der Waals surface area contributed by atoms with Gasteiger partial charge in [-0.3, -0.25) is 14.9 Å². The molecule has 0 aliphatic carbocycles. The summed E-state index contributed by atoms with van der Waals surface area (Å²) >= 11 is 3.02. The van der Waals surface area contributed by atoms with Crippen LogP contribution in [0.25, 0.3) is 0 Å². The summed E-state index contributed by atoms with van der Waals surface area (Å²) in [5.41, 5.74) is -0.427. The number of nitrogens with zero attached hydrogens (tertiary/aromatic N) is 2. The minimum Gasteiger partial charge on any atom is -0.395 e. The standard InChI is InChI=1S/C11H11BrF2N2O4/c12-8-3-7(4-9(5-8)16(19)20)11(18)15(1-2-17)6-10(13)14/h3-5,10,17H,1-2,6H2. The maximum atomic E-state index is 12.4. The zero-order chi connectivity index (χ0) is 15.3. The first-order chi connectivity index (χ1) is 9.35. The highest BCUT2D eigenvalue weighted by Crippen LogP contribution is 2.22. The van der Waals surface area contributed by atoms with Gasteiger partial charge < -0.3 is 10.0 Å². The summed E-state index contributed by atoms with van der Waals surface area (Å²) in [5, 5.41) is 19.5. The molecule has 9 heteroatoms. The molecule has 6 nitrogen and oxygen atoms in total. The lowest BCUT2D eigenvalue weighted by molar-refractivity contribution is -0.385. The summed E-state index contributed by atoms with van der Waals surface area (Å²) in [6.45, 7) is -1.60. The van der Waals surface area contributed by atoms with Gasteiger partial charge in [-0.2, -0.15) is 0 Å². The second-order valence-corrected chi connectivity index (χ2v) is 4.74. The molecule has 1 aromatic carbocycles. The van der Waals surface area contributed by atoms with Crippen LogP contribution >= 0.6 is 15.9 Å². The van der Waals surface area contributed by atoms with Crippen LogP contribution in [-0.4, -0.2) is 47.0 Å². The largest absolute Gasteiger partial charge is 0.395 e. The number of amides is 1. The van der Waals surface area contributed by atoms with E-state index in [-0.39, 0.29) is 22.3 Å². The average Bonchev–Trinajstić information content (AvgIpc) is 2.36. The zero-order valence-corrected chi connectivity index (χ0v) is 11.7. The van der Waals surface area contributed by atoms with Crippen molar-refractivity contribution >= 4 is 27.5 Å². The van der Waals surface area contributed by atoms with Crippen molar-refractivity contribution in [3.63, 3.8) is 0 Å². The van der Waals surface area contributed by atoms with E-state index in [9.17, 15) is 23.7 Å². The summed E-state index contributed by atoms with van der Waals surface area (Å²) in [6, 6.07) is 3.49. The highest BCUT2D eigenvalue weighted by atomic mass is 79.9. The molecular formula is C11H11BrF2N2O4. The van der Waals surface area contributed by atoms with E-state index in [1.165, 1.54) is 12.1 Å². The van der Waals surface area contributed by atoms with E-state index in [0.29, 0.717) is 0 Å². The summed E-state index contributed by atoms with van der Waals surface area (Å²) in [7, 11) is 0. The lowest BCUT2D eigenvalue weighted by Gasteiger charge is -2.21. The minimum atomic E-state index is -2.76. The Morgan fingerprint density at radius 1 is 1.45 bits per heavy atom. The number of nitro benzene ring substituents is 1. The van der Waals surface area contributed by atoms with Gasteiger partial charge in [-0.25, -0.2) is 8.78 Å². The van der Waals surface area contributed by atoms with Gasteiger partial charge in [-0.05, 0) is 6.07 Å². The van der Waals surface area contributed by atoms with Gasteiger partial charge >= 0.3 is 0 Å². The number of carbonyl (C=O) groups excluding carboxylic acids is 1. The Morgan fingerprint density at radius 2 is 2.10 bits per heavy atom. The Morgan fingerprint density at radius 3 is 2.60 bits per heavy atom. The highest BCUT2D eigenvalue weighted by molar-refractivity contribution is 9.10. The molecule has 0 heterocycles. The molecule has 0 unspecified atom stereocenters. The fourth-order valence-corrected chi connectivity index (χ4v) is 2.03. The summed E-state index contributed by atoms with van der Waals surface area (Å²) in [5.74, 6) is -0.802. The second kappa shape index (κ2) is 7.25. The van der Waals surface area contributed by atoms with Crippen LogP contribution in [0.3, 0.4) is 0 Å². The maximum absolute atomic E-state index is 12.4. The van der Waals surface area contributed by atoms with Crippen molar-refractivity contribution in [2.45, 2.75) is 6.43 Å². The van der Waals surface area contributed by atoms with Crippen molar-refractivity contribution in [3.05, 3.63) is 38.3 Å². The number of aliphatic hydroxyl groups excluding tert-OH is 1. The maximum Gasteiger partial charge on any atom is 0.271 e. The number of nitro groups is 1. The van der Waals surface area contributed by atoms with Gasteiger partial charge in [0.15, 0.2) is 0 Å². The molecule has 1 aromatic rings. The van der Waals surface area contributed by atoms with Crippen molar-refractivity contribution in [3.8, 4) is 0 Å². The number of alkyl halides is 2. The molecule has 0 aliphatic rings. The van der Waals surface area contributed by atoms with Gasteiger partial charge in [-0.1, -0.05) is 15.9 Å². The van der Waals surface area contributed by atoms with E-state index in [1.807, 2.05) is 0 Å². The molecule has 0 spiro atoms. The van der Waals surface area contributed by atoms with Gasteiger partial charge in [0.25, 0.3) is 18.0 Å². The molecule has 1 N–H and O–H groups in total. The topological polar surface area (TPSA) is 83.7 Å². The summed E-state index contributed by atoms with van der Waals surface area (Å²) in [6.07, 6.45) is -2.76. The van der Waals surface area contributed by atoms with Crippen LogP contribution in [0.2, 0.25) is 0 Å². The van der Waals surface area contributed by atoms with E-state index in [2.05, 4.69) is 15.9 Å². The Labute approximate surface area is 121 Å². The predicted octanol–water partition coefficient (Wildman–Crippen LogP) is 2.06. The Hall–Kier alpha value is -1.61. The van der Waals surface area contributed by atoms with E-state index in [4.69, 9.17) is 5.11 Å². The van der Waals surface area contributed by atoms with Crippen LogP contribution in [0.1, 0.15) is 10.4 Å². The minimum absolute atomic E-state index is 0.0971. The predicted molar refractivity (Wildman–Crippen MR) is 69.8 cm³/mol. The van der Waals surface area contributed by atoms with Crippen LogP contribution in [0.4, 0.5) is 14.5 Å². The van der Waals surface area contributed by atoms with E-state index in [1.54, 1.807) is 0 Å². The van der Waals surface area contributed by atoms with Gasteiger partial charge in [0.1, 0.15) is 0 Å². The molecule has 0 fully saturated rings. The van der Waals surface area contributed by atoms with Crippen molar-refractivity contribution < 1.29 is 23.6 Å². The van der Waals surface area contributed by atoms with Crippen LogP contribution in [0, 0.1) is 10.1 Å². The Balaban J connectivity index is 3.07. The normalized spacial score (nSPS) is 10.7. The smallest absolute Gasteiger partial charge is 0.271 e.